The molecule has 0 amide bonds. The predicted molar refractivity (Wildman–Crippen MR) is 92.3 cm³/mol. The maximum atomic E-state index is 2.36. The normalized spacial score (nSPS) is 12.1. The van der Waals surface area contributed by atoms with E-state index in [0.717, 1.165) is 6.42 Å². The van der Waals surface area contributed by atoms with Crippen molar-refractivity contribution in [2.75, 3.05) is 4.90 Å². The van der Waals surface area contributed by atoms with Crippen LogP contribution in [0.4, 0.5) is 17.1 Å². The fraction of sp³-hybridized carbons (Fsp3) is 0.0526. The molecule has 0 spiro atoms. The zero-order valence-electron chi connectivity index (χ0n) is 12.6. The quantitative estimate of drug-likeness (QED) is 0.442. The van der Waals surface area contributed by atoms with E-state index in [1.807, 2.05) is 0 Å². The summed E-state index contributed by atoms with van der Waals surface area (Å²) in [6.07, 6.45) is 1.01. The Morgan fingerprint density at radius 1 is 0.619 bits per heavy atom. The van der Waals surface area contributed by atoms with E-state index in [-0.39, 0.29) is 13.8 Å². The second-order valence-corrected chi connectivity index (χ2v) is 5.11. The molecule has 3 aromatic rings. The van der Waals surface area contributed by atoms with Crippen molar-refractivity contribution < 1.29 is 1.43 Å². The molecule has 1 nitrogen and oxygen atoms in total. The lowest BCUT2D eigenvalue weighted by molar-refractivity contribution is 1.09. The molecule has 0 radical (unpaired) electrons. The number of hydrogen-bond donors (Lipinski definition) is 0. The maximum Gasteiger partial charge on any atom is 1.00 e. The molecular weight excluding hydrogens is 278 g/mol. The summed E-state index contributed by atoms with van der Waals surface area (Å²) in [6.45, 7) is 0. The Labute approximate surface area is 132 Å². The van der Waals surface area contributed by atoms with E-state index in [4.69, 9.17) is 0 Å². The van der Waals surface area contributed by atoms with Gasteiger partial charge >= 0.3 is 1.43 Å². The number of rotatable bonds is 1. The van der Waals surface area contributed by atoms with Crippen molar-refractivity contribution in [3.63, 3.8) is 0 Å². The lowest BCUT2D eigenvalue weighted by atomic mass is 9.95. The van der Waals surface area contributed by atoms with Crippen LogP contribution in [0.3, 0.4) is 0 Å². The van der Waals surface area contributed by atoms with E-state index in [9.17, 15) is 0 Å². The van der Waals surface area contributed by atoms with Crippen molar-refractivity contribution in [1.82, 2.24) is 0 Å². The third-order valence-electron chi connectivity index (χ3n) is 3.86. The lowest BCUT2D eigenvalue weighted by Crippen LogP contribution is -2.18. The molecule has 0 fully saturated rings. The van der Waals surface area contributed by atoms with Gasteiger partial charge in [-0.1, -0.05) is 54.6 Å². The molecular formula is C19H17ClN+. The highest BCUT2D eigenvalue weighted by molar-refractivity contribution is 5.85. The first-order valence-corrected chi connectivity index (χ1v) is 6.94. The van der Waals surface area contributed by atoms with Gasteiger partial charge in [-0.15, -0.1) is 12.4 Å². The maximum absolute atomic E-state index is 2.36. The van der Waals surface area contributed by atoms with Crippen LogP contribution >= 0.6 is 12.4 Å². The van der Waals surface area contributed by atoms with E-state index in [2.05, 4.69) is 83.8 Å². The summed E-state index contributed by atoms with van der Waals surface area (Å²) < 4.78 is 0. The molecule has 104 valence electrons. The number of hydrogen-bond acceptors (Lipinski definition) is 1. The first-order valence-electron chi connectivity index (χ1n) is 6.94. The Bertz CT molecular complexity index is 713. The summed E-state index contributed by atoms with van der Waals surface area (Å²) in [6, 6.07) is 27.9. The lowest BCUT2D eigenvalue weighted by Gasteiger charge is -2.33. The van der Waals surface area contributed by atoms with Gasteiger partial charge in [-0.2, -0.15) is 0 Å². The molecule has 1 heterocycles. The van der Waals surface area contributed by atoms with Crippen molar-refractivity contribution in [3.8, 4) is 0 Å². The van der Waals surface area contributed by atoms with Crippen molar-refractivity contribution in [2.24, 2.45) is 0 Å². The minimum atomic E-state index is 0. The summed E-state index contributed by atoms with van der Waals surface area (Å²) in [5, 5.41) is 0. The van der Waals surface area contributed by atoms with Crippen LogP contribution in [0.5, 0.6) is 0 Å². The Kier molecular flexibility index (Phi) is 3.68. The van der Waals surface area contributed by atoms with Crippen LogP contribution in [-0.2, 0) is 6.42 Å². The van der Waals surface area contributed by atoms with Gasteiger partial charge in [0.15, 0.2) is 0 Å². The second-order valence-electron chi connectivity index (χ2n) is 5.11. The van der Waals surface area contributed by atoms with E-state index in [1.165, 1.54) is 28.2 Å². The highest BCUT2D eigenvalue weighted by Gasteiger charge is 2.22. The van der Waals surface area contributed by atoms with Gasteiger partial charge < -0.3 is 4.90 Å². The van der Waals surface area contributed by atoms with Crippen LogP contribution in [0.2, 0.25) is 0 Å². The van der Waals surface area contributed by atoms with Crippen LogP contribution in [0.1, 0.15) is 12.6 Å². The first kappa shape index (κ1) is 13.7. The third-order valence-corrected chi connectivity index (χ3v) is 3.86. The molecule has 0 atom stereocenters. The second kappa shape index (κ2) is 5.63. The average molecular weight is 295 g/mol. The molecule has 0 aliphatic carbocycles. The zero-order chi connectivity index (χ0) is 13.4. The van der Waals surface area contributed by atoms with Gasteiger partial charge in [-0.05, 0) is 35.4 Å². The highest BCUT2D eigenvalue weighted by atomic mass is 35.5. The number of benzene rings is 3. The van der Waals surface area contributed by atoms with E-state index >= 15 is 0 Å². The Hall–Kier alpha value is -2.25. The highest BCUT2D eigenvalue weighted by Crippen LogP contribution is 2.43. The van der Waals surface area contributed by atoms with Crippen LogP contribution < -0.4 is 4.90 Å². The zero-order valence-corrected chi connectivity index (χ0v) is 12.4. The summed E-state index contributed by atoms with van der Waals surface area (Å²) in [5.41, 5.74) is 6.56. The molecule has 1 aliphatic heterocycles. The largest absolute Gasteiger partial charge is 1.00 e. The molecule has 0 unspecified atom stereocenters. The number of anilines is 3. The van der Waals surface area contributed by atoms with Crippen molar-refractivity contribution in [2.45, 2.75) is 6.42 Å². The van der Waals surface area contributed by atoms with Gasteiger partial charge in [0.2, 0.25) is 0 Å². The van der Waals surface area contributed by atoms with Gasteiger partial charge in [0.1, 0.15) is 0 Å². The average Bonchev–Trinajstić information content (AvgIpc) is 2.53. The molecule has 0 aromatic heterocycles. The molecule has 0 saturated heterocycles. The van der Waals surface area contributed by atoms with Crippen LogP contribution in [0.25, 0.3) is 0 Å². The van der Waals surface area contributed by atoms with Gasteiger partial charge in [0, 0.05) is 23.5 Å². The fourth-order valence-corrected chi connectivity index (χ4v) is 2.95. The van der Waals surface area contributed by atoms with Crippen LogP contribution in [0.15, 0.2) is 78.9 Å². The monoisotopic (exact) mass is 294 g/mol. The van der Waals surface area contributed by atoms with E-state index < -0.39 is 0 Å². The van der Waals surface area contributed by atoms with E-state index in [1.54, 1.807) is 0 Å². The topological polar surface area (TPSA) is 3.24 Å². The minimum Gasteiger partial charge on any atom is -0.310 e. The summed E-state index contributed by atoms with van der Waals surface area (Å²) >= 11 is 0. The molecule has 21 heavy (non-hydrogen) atoms. The summed E-state index contributed by atoms with van der Waals surface area (Å²) in [4.78, 5) is 2.36. The predicted octanol–water partition coefficient (Wildman–Crippen LogP) is 5.59. The summed E-state index contributed by atoms with van der Waals surface area (Å²) in [7, 11) is 0. The third kappa shape index (κ3) is 2.30. The molecule has 2 heteroatoms. The van der Waals surface area contributed by atoms with Crippen molar-refractivity contribution >= 4 is 29.5 Å². The van der Waals surface area contributed by atoms with Gasteiger partial charge in [0.05, 0.1) is 0 Å². The van der Waals surface area contributed by atoms with Crippen LogP contribution in [-0.4, -0.2) is 0 Å². The molecule has 0 bridgehead atoms. The molecule has 0 N–H and O–H groups in total. The molecule has 1 aliphatic rings. The number of halogens is 1. The van der Waals surface area contributed by atoms with Gasteiger partial charge in [-0.25, -0.2) is 0 Å². The molecule has 0 saturated carbocycles. The standard InChI is InChI=1S/C19H15N.ClH/c1-2-10-17(11-3-1)20-18-12-6-4-8-15(18)14-16-9-5-7-13-19(16)20;/h1-13H,14H2;1H/p+1. The number of para-hydroxylation sites is 3. The molecule has 4 rings (SSSR count). The number of nitrogens with zero attached hydrogens (tertiary/aromatic N) is 1. The first-order chi connectivity index (χ1) is 9.93. The van der Waals surface area contributed by atoms with Crippen molar-refractivity contribution in [1.29, 1.82) is 0 Å². The van der Waals surface area contributed by atoms with Crippen LogP contribution in [0, 0.1) is 0 Å². The van der Waals surface area contributed by atoms with E-state index in [0.29, 0.717) is 0 Å². The Balaban J connectivity index is 0.000000882. The van der Waals surface area contributed by atoms with Crippen molar-refractivity contribution in [3.05, 3.63) is 90.0 Å². The minimum absolute atomic E-state index is 0. The SMILES string of the molecule is Cl.[H+].c1ccc(N2c3ccccc3Cc3ccccc32)cc1. The Morgan fingerprint density at radius 3 is 1.67 bits per heavy atom. The summed E-state index contributed by atoms with van der Waals surface area (Å²) in [5.74, 6) is 0. The number of fused-ring (bicyclic) bond motifs is 2. The van der Waals surface area contributed by atoms with Gasteiger partial charge in [-0.3, -0.25) is 0 Å². The van der Waals surface area contributed by atoms with Gasteiger partial charge in [0.25, 0.3) is 0 Å². The molecule has 3 aromatic carbocycles. The smallest absolute Gasteiger partial charge is 0.310 e. The fourth-order valence-electron chi connectivity index (χ4n) is 2.95. The Morgan fingerprint density at radius 2 is 1.10 bits per heavy atom.